The van der Waals surface area contributed by atoms with Crippen LogP contribution < -0.4 is 11.1 Å². The quantitative estimate of drug-likeness (QED) is 0.574. The summed E-state index contributed by atoms with van der Waals surface area (Å²) in [6, 6.07) is 0.276. The molecule has 0 spiro atoms. The van der Waals surface area contributed by atoms with Crippen molar-refractivity contribution in [2.45, 2.75) is 71.9 Å². The lowest BCUT2D eigenvalue weighted by molar-refractivity contribution is -0.124. The fourth-order valence-corrected chi connectivity index (χ4v) is 3.26. The Bertz CT molecular complexity index is 257. The molecule has 0 bridgehead atoms. The maximum absolute atomic E-state index is 11.6. The van der Waals surface area contributed by atoms with Gasteiger partial charge in [0.25, 0.3) is 0 Å². The molecule has 0 fully saturated rings. The average Bonchev–Trinajstić information content (AvgIpc) is 2.26. The number of amides is 1. The van der Waals surface area contributed by atoms with Crippen molar-refractivity contribution in [3.8, 4) is 0 Å². The molecule has 1 atom stereocenters. The first-order valence-electron chi connectivity index (χ1n) is 7.43. The molecule has 1 unspecified atom stereocenters. The number of hydrogen-bond acceptors (Lipinski definition) is 3. The third-order valence-electron chi connectivity index (χ3n) is 3.21. The van der Waals surface area contributed by atoms with Gasteiger partial charge in [0, 0.05) is 6.04 Å². The first-order chi connectivity index (χ1) is 8.78. The van der Waals surface area contributed by atoms with Crippen molar-refractivity contribution in [3.63, 3.8) is 0 Å². The van der Waals surface area contributed by atoms with Gasteiger partial charge in [-0.3, -0.25) is 4.79 Å². The summed E-state index contributed by atoms with van der Waals surface area (Å²) in [6.07, 6.45) is 4.32. The summed E-state index contributed by atoms with van der Waals surface area (Å²) in [5.74, 6) is 2.98. The van der Waals surface area contributed by atoms with Crippen LogP contribution in [0.3, 0.4) is 0 Å². The zero-order valence-corrected chi connectivity index (χ0v) is 14.1. The topological polar surface area (TPSA) is 55.1 Å². The first kappa shape index (κ1) is 18.8. The molecular formula is C15H32N2OS. The summed E-state index contributed by atoms with van der Waals surface area (Å²) in [7, 11) is 0. The van der Waals surface area contributed by atoms with Gasteiger partial charge in [0.2, 0.25) is 5.91 Å². The molecule has 0 aromatic carbocycles. The van der Waals surface area contributed by atoms with Crippen molar-refractivity contribution in [1.29, 1.82) is 0 Å². The van der Waals surface area contributed by atoms with Crippen LogP contribution in [0.5, 0.6) is 0 Å². The lowest BCUT2D eigenvalue weighted by Gasteiger charge is -2.29. The van der Waals surface area contributed by atoms with Crippen molar-refractivity contribution in [2.75, 3.05) is 11.5 Å². The summed E-state index contributed by atoms with van der Waals surface area (Å²) >= 11 is 2.02. The van der Waals surface area contributed by atoms with Gasteiger partial charge in [0.05, 0.1) is 5.54 Å². The summed E-state index contributed by atoms with van der Waals surface area (Å²) in [4.78, 5) is 11.6. The van der Waals surface area contributed by atoms with Crippen molar-refractivity contribution in [2.24, 2.45) is 11.7 Å². The van der Waals surface area contributed by atoms with E-state index < -0.39 is 5.54 Å². The molecule has 1 amide bonds. The Morgan fingerprint density at radius 1 is 1.21 bits per heavy atom. The molecule has 0 rings (SSSR count). The van der Waals surface area contributed by atoms with E-state index in [1.807, 2.05) is 32.5 Å². The molecule has 4 heteroatoms. The van der Waals surface area contributed by atoms with Gasteiger partial charge < -0.3 is 11.1 Å². The molecule has 0 saturated carbocycles. The smallest absolute Gasteiger partial charge is 0.237 e. The molecule has 114 valence electrons. The van der Waals surface area contributed by atoms with Crippen LogP contribution in [0.4, 0.5) is 0 Å². The van der Waals surface area contributed by atoms with Crippen LogP contribution in [0.25, 0.3) is 0 Å². The molecule has 0 saturated heterocycles. The largest absolute Gasteiger partial charge is 0.368 e. The molecule has 3 N–H and O–H groups in total. The number of nitrogens with two attached hydrogens (primary N) is 1. The molecular weight excluding hydrogens is 256 g/mol. The van der Waals surface area contributed by atoms with Gasteiger partial charge in [-0.15, -0.1) is 0 Å². The number of hydrogen-bond donors (Lipinski definition) is 2. The molecule has 0 aliphatic rings. The van der Waals surface area contributed by atoms with E-state index >= 15 is 0 Å². The van der Waals surface area contributed by atoms with E-state index in [4.69, 9.17) is 5.73 Å². The Labute approximate surface area is 123 Å². The minimum absolute atomic E-state index is 0.242. The third kappa shape index (κ3) is 9.33. The highest BCUT2D eigenvalue weighted by molar-refractivity contribution is 7.99. The Morgan fingerprint density at radius 3 is 2.32 bits per heavy atom. The van der Waals surface area contributed by atoms with E-state index in [2.05, 4.69) is 19.2 Å². The van der Waals surface area contributed by atoms with E-state index in [1.54, 1.807) is 0 Å². The molecule has 0 aromatic rings. The Kier molecular flexibility index (Phi) is 9.54. The summed E-state index contributed by atoms with van der Waals surface area (Å²) in [6.45, 7) is 10.5. The molecule has 0 aliphatic carbocycles. The molecule has 0 aliphatic heterocycles. The van der Waals surface area contributed by atoms with E-state index in [0.29, 0.717) is 0 Å². The fourth-order valence-electron chi connectivity index (χ4n) is 2.01. The third-order valence-corrected chi connectivity index (χ3v) is 4.31. The van der Waals surface area contributed by atoms with Crippen LogP contribution in [0, 0.1) is 5.92 Å². The van der Waals surface area contributed by atoms with E-state index in [-0.39, 0.29) is 11.9 Å². The molecule has 0 aromatic heterocycles. The zero-order valence-electron chi connectivity index (χ0n) is 13.3. The van der Waals surface area contributed by atoms with Crippen LogP contribution in [-0.2, 0) is 4.79 Å². The number of carbonyl (C=O) groups excluding carboxylic acids is 1. The van der Waals surface area contributed by atoms with Crippen molar-refractivity contribution >= 4 is 17.7 Å². The normalized spacial score (nSPS) is 14.9. The Morgan fingerprint density at radius 2 is 1.84 bits per heavy atom. The Hall–Kier alpha value is -0.220. The number of thioether (sulfide) groups is 1. The van der Waals surface area contributed by atoms with E-state index in [9.17, 15) is 4.79 Å². The lowest BCUT2D eigenvalue weighted by atomic mass is 9.93. The second-order valence-corrected chi connectivity index (χ2v) is 7.47. The second-order valence-electron chi connectivity index (χ2n) is 6.25. The first-order valence-corrected chi connectivity index (χ1v) is 8.58. The summed E-state index contributed by atoms with van der Waals surface area (Å²) < 4.78 is 0. The van der Waals surface area contributed by atoms with Gasteiger partial charge in [-0.25, -0.2) is 0 Å². The number of unbranched alkanes of at least 4 members (excludes halogenated alkanes) is 1. The average molecular weight is 289 g/mol. The number of rotatable bonds is 11. The summed E-state index contributed by atoms with van der Waals surface area (Å²) in [5, 5.41) is 3.29. The van der Waals surface area contributed by atoms with Crippen LogP contribution in [0.15, 0.2) is 0 Å². The zero-order chi connectivity index (χ0) is 14.9. The molecule has 3 nitrogen and oxygen atoms in total. The highest BCUT2D eigenvalue weighted by Gasteiger charge is 2.30. The maximum Gasteiger partial charge on any atom is 0.237 e. The minimum Gasteiger partial charge on any atom is -0.368 e. The molecule has 0 heterocycles. The van der Waals surface area contributed by atoms with Crippen LogP contribution in [0.1, 0.15) is 60.3 Å². The highest BCUT2D eigenvalue weighted by Crippen LogP contribution is 2.17. The van der Waals surface area contributed by atoms with Gasteiger partial charge in [0.1, 0.15) is 0 Å². The van der Waals surface area contributed by atoms with Crippen molar-refractivity contribution < 1.29 is 4.79 Å². The maximum atomic E-state index is 11.6. The van der Waals surface area contributed by atoms with E-state index in [1.165, 1.54) is 17.9 Å². The molecule has 19 heavy (non-hydrogen) atoms. The van der Waals surface area contributed by atoms with Gasteiger partial charge in [-0.1, -0.05) is 20.3 Å². The van der Waals surface area contributed by atoms with Gasteiger partial charge >= 0.3 is 0 Å². The summed E-state index contributed by atoms with van der Waals surface area (Å²) in [5.41, 5.74) is 4.95. The lowest BCUT2D eigenvalue weighted by Crippen LogP contribution is -2.55. The van der Waals surface area contributed by atoms with E-state index in [0.717, 1.165) is 25.2 Å². The predicted molar refractivity (Wildman–Crippen MR) is 86.5 cm³/mol. The number of primary amides is 1. The van der Waals surface area contributed by atoms with Crippen LogP contribution in [0.2, 0.25) is 0 Å². The fraction of sp³-hybridized carbons (Fsp3) is 0.933. The standard InChI is InChI=1S/C15H32N2OS/c1-12(2)8-11-19-10-7-6-9-15(5,14(16)18)17-13(3)4/h12-13,17H,6-11H2,1-5H3,(H2,16,18). The van der Waals surface area contributed by atoms with Crippen molar-refractivity contribution in [3.05, 3.63) is 0 Å². The van der Waals surface area contributed by atoms with Gasteiger partial charge in [-0.2, -0.15) is 11.8 Å². The predicted octanol–water partition coefficient (Wildman–Crippen LogP) is 3.18. The SMILES string of the molecule is CC(C)CCSCCCCC(C)(NC(C)C)C(N)=O. The van der Waals surface area contributed by atoms with Crippen LogP contribution in [-0.4, -0.2) is 29.0 Å². The van der Waals surface area contributed by atoms with Gasteiger partial charge in [0.15, 0.2) is 0 Å². The number of carbonyl (C=O) groups is 1. The van der Waals surface area contributed by atoms with Crippen LogP contribution >= 0.6 is 11.8 Å². The molecule has 0 radical (unpaired) electrons. The van der Waals surface area contributed by atoms with Crippen molar-refractivity contribution in [1.82, 2.24) is 5.32 Å². The van der Waals surface area contributed by atoms with Gasteiger partial charge in [-0.05, 0) is 57.5 Å². The Balaban J connectivity index is 3.80. The second kappa shape index (κ2) is 9.65. The minimum atomic E-state index is -0.559. The monoisotopic (exact) mass is 288 g/mol. The number of nitrogens with one attached hydrogen (secondary N) is 1. The highest BCUT2D eigenvalue weighted by atomic mass is 32.2.